The molecule has 0 fully saturated rings. The van der Waals surface area contributed by atoms with Crippen LogP contribution < -0.4 is 4.74 Å². The summed E-state index contributed by atoms with van der Waals surface area (Å²) in [5.74, 6) is -1.10. The third kappa shape index (κ3) is 5.10. The molecule has 0 radical (unpaired) electrons. The number of carbonyl (C=O) groups excluding carboxylic acids is 1. The van der Waals surface area contributed by atoms with Crippen LogP contribution in [0.3, 0.4) is 0 Å². The van der Waals surface area contributed by atoms with Crippen LogP contribution in [0.25, 0.3) is 6.08 Å². The first-order valence-electron chi connectivity index (χ1n) is 6.23. The Labute approximate surface area is 128 Å². The molecule has 0 N–H and O–H groups in total. The first-order chi connectivity index (χ1) is 10.4. The molecule has 0 spiro atoms. The standard InChI is InChI=1S/C15H11F5O2S/c16-23(17,18,19,20)14-9-7-13(8-10-14)22-15(21)11-6-12-4-2-1-3-5-12/h1-11H/b11-6+. The van der Waals surface area contributed by atoms with Crippen molar-refractivity contribution in [2.75, 3.05) is 0 Å². The van der Waals surface area contributed by atoms with E-state index in [2.05, 4.69) is 0 Å². The molecule has 0 saturated carbocycles. The zero-order valence-electron chi connectivity index (χ0n) is 11.5. The summed E-state index contributed by atoms with van der Waals surface area (Å²) < 4.78 is 67.4. The molecule has 2 aromatic rings. The second-order valence-electron chi connectivity index (χ2n) is 4.61. The maximum Gasteiger partial charge on any atom is 0.336 e. The Kier molecular flexibility index (Phi) is 3.76. The number of esters is 1. The van der Waals surface area contributed by atoms with Gasteiger partial charge in [0.25, 0.3) is 0 Å². The van der Waals surface area contributed by atoms with E-state index in [1.165, 1.54) is 6.08 Å². The van der Waals surface area contributed by atoms with Crippen LogP contribution >= 0.6 is 10.2 Å². The van der Waals surface area contributed by atoms with Crippen LogP contribution in [0.2, 0.25) is 0 Å². The van der Waals surface area contributed by atoms with Crippen LogP contribution in [0, 0.1) is 0 Å². The Bertz CT molecular complexity index is 737. The van der Waals surface area contributed by atoms with Crippen molar-refractivity contribution in [3.8, 4) is 5.75 Å². The predicted octanol–water partition coefficient (Wildman–Crippen LogP) is 5.96. The van der Waals surface area contributed by atoms with Crippen molar-refractivity contribution in [3.05, 3.63) is 66.2 Å². The molecular weight excluding hydrogens is 339 g/mol. The van der Waals surface area contributed by atoms with Crippen molar-refractivity contribution < 1.29 is 29.0 Å². The summed E-state index contributed by atoms with van der Waals surface area (Å²) in [6.07, 6.45) is 2.53. The van der Waals surface area contributed by atoms with Crippen molar-refractivity contribution in [1.29, 1.82) is 0 Å². The van der Waals surface area contributed by atoms with Gasteiger partial charge in [0, 0.05) is 6.08 Å². The van der Waals surface area contributed by atoms with E-state index in [1.54, 1.807) is 30.3 Å². The number of ether oxygens (including phenoxy) is 1. The molecule has 2 aromatic carbocycles. The zero-order chi connectivity index (χ0) is 17.2. The van der Waals surface area contributed by atoms with Gasteiger partial charge >= 0.3 is 16.2 Å². The smallest absolute Gasteiger partial charge is 0.336 e. The van der Waals surface area contributed by atoms with Gasteiger partial charge in [-0.3, -0.25) is 0 Å². The maximum atomic E-state index is 12.5. The summed E-state index contributed by atoms with van der Waals surface area (Å²) in [6.45, 7) is 0. The van der Waals surface area contributed by atoms with Crippen LogP contribution in [-0.2, 0) is 4.79 Å². The minimum Gasteiger partial charge on any atom is -0.423 e. The molecule has 0 unspecified atom stereocenters. The first-order valence-corrected chi connectivity index (χ1v) is 8.18. The van der Waals surface area contributed by atoms with Gasteiger partial charge in [0.1, 0.15) is 10.6 Å². The molecule has 8 heteroatoms. The molecule has 23 heavy (non-hydrogen) atoms. The number of halogens is 5. The fourth-order valence-corrected chi connectivity index (χ4v) is 2.29. The molecule has 0 aromatic heterocycles. The van der Waals surface area contributed by atoms with E-state index in [-0.39, 0.29) is 17.9 Å². The molecule has 0 aliphatic carbocycles. The first kappa shape index (κ1) is 17.0. The van der Waals surface area contributed by atoms with Crippen LogP contribution in [0.15, 0.2) is 65.6 Å². The highest BCUT2D eigenvalue weighted by molar-refractivity contribution is 8.45. The van der Waals surface area contributed by atoms with E-state index < -0.39 is 21.1 Å². The van der Waals surface area contributed by atoms with E-state index in [9.17, 15) is 24.2 Å². The second kappa shape index (κ2) is 5.09. The lowest BCUT2D eigenvalue weighted by molar-refractivity contribution is -0.128. The quantitative estimate of drug-likeness (QED) is 0.294. The van der Waals surface area contributed by atoms with Crippen LogP contribution in [0.4, 0.5) is 19.4 Å². The highest BCUT2D eigenvalue weighted by Crippen LogP contribution is 3.02. The van der Waals surface area contributed by atoms with Crippen LogP contribution in [0.1, 0.15) is 5.56 Å². The second-order valence-corrected chi connectivity index (χ2v) is 7.01. The molecule has 0 atom stereocenters. The van der Waals surface area contributed by atoms with Gasteiger partial charge in [0.2, 0.25) is 0 Å². The Morgan fingerprint density at radius 1 is 0.870 bits per heavy atom. The van der Waals surface area contributed by atoms with Gasteiger partial charge in [-0.05, 0) is 35.9 Å². The van der Waals surface area contributed by atoms with Gasteiger partial charge in [-0.2, -0.15) is 0 Å². The van der Waals surface area contributed by atoms with E-state index >= 15 is 0 Å². The van der Waals surface area contributed by atoms with Crippen LogP contribution in [-0.4, -0.2) is 5.97 Å². The summed E-state index contributed by atoms with van der Waals surface area (Å²) in [4.78, 5) is 9.48. The predicted molar refractivity (Wildman–Crippen MR) is 79.0 cm³/mol. The van der Waals surface area contributed by atoms with E-state index in [0.29, 0.717) is 12.1 Å². The highest BCUT2D eigenvalue weighted by Gasteiger charge is 2.65. The van der Waals surface area contributed by atoms with Gasteiger partial charge in [0.05, 0.1) is 0 Å². The third-order valence-electron chi connectivity index (χ3n) is 2.70. The average Bonchev–Trinajstić information content (AvgIpc) is 2.44. The SMILES string of the molecule is O=C(/C=C/c1ccccc1)Oc1ccc(S(F)(F)(F)(F)F)cc1. The van der Waals surface area contributed by atoms with E-state index in [0.717, 1.165) is 11.6 Å². The van der Waals surface area contributed by atoms with Crippen LogP contribution in [0.5, 0.6) is 5.75 Å². The number of rotatable bonds is 4. The number of carbonyl (C=O) groups is 1. The summed E-state index contributed by atoms with van der Waals surface area (Å²) in [6, 6.07) is 10.5. The molecule has 124 valence electrons. The molecule has 0 amide bonds. The zero-order valence-corrected chi connectivity index (χ0v) is 12.3. The largest absolute Gasteiger partial charge is 0.423 e. The summed E-state index contributed by atoms with van der Waals surface area (Å²) in [7, 11) is -9.71. The molecule has 0 aliphatic rings. The monoisotopic (exact) mass is 350 g/mol. The minimum atomic E-state index is -9.71. The van der Waals surface area contributed by atoms with Crippen molar-refractivity contribution in [3.63, 3.8) is 0 Å². The Morgan fingerprint density at radius 2 is 1.43 bits per heavy atom. The van der Waals surface area contributed by atoms with Gasteiger partial charge < -0.3 is 4.74 Å². The van der Waals surface area contributed by atoms with Crippen molar-refractivity contribution in [2.24, 2.45) is 0 Å². The maximum absolute atomic E-state index is 12.5. The lowest BCUT2D eigenvalue weighted by Crippen LogP contribution is -2.07. The fourth-order valence-electron chi connectivity index (χ4n) is 1.64. The number of benzene rings is 2. The van der Waals surface area contributed by atoms with Gasteiger partial charge in [0.15, 0.2) is 0 Å². The lowest BCUT2D eigenvalue weighted by Gasteiger charge is -2.40. The Balaban J connectivity index is 2.07. The number of hydrogen-bond donors (Lipinski definition) is 0. The van der Waals surface area contributed by atoms with Gasteiger partial charge in [-0.15, -0.1) is 0 Å². The van der Waals surface area contributed by atoms with Crippen molar-refractivity contribution in [2.45, 2.75) is 4.90 Å². The lowest BCUT2D eigenvalue weighted by atomic mass is 10.2. The normalized spacial score (nSPS) is 15.0. The van der Waals surface area contributed by atoms with E-state index in [1.807, 2.05) is 0 Å². The summed E-state index contributed by atoms with van der Waals surface area (Å²) in [5, 5.41) is 0. The minimum absolute atomic E-state index is 0.186. The number of hydrogen-bond acceptors (Lipinski definition) is 2. The topological polar surface area (TPSA) is 26.3 Å². The van der Waals surface area contributed by atoms with E-state index in [4.69, 9.17) is 4.74 Å². The molecule has 0 aliphatic heterocycles. The van der Waals surface area contributed by atoms with Gasteiger partial charge in [-0.25, -0.2) is 4.79 Å². The fraction of sp³-hybridized carbons (Fsp3) is 0. The van der Waals surface area contributed by atoms with Gasteiger partial charge in [-0.1, -0.05) is 49.8 Å². The average molecular weight is 350 g/mol. The summed E-state index contributed by atoms with van der Waals surface area (Å²) in [5.41, 5.74) is 0.723. The van der Waals surface area contributed by atoms with Crippen molar-refractivity contribution >= 4 is 22.3 Å². The highest BCUT2D eigenvalue weighted by atomic mass is 32.5. The Morgan fingerprint density at radius 3 is 1.96 bits per heavy atom. The Hall–Kier alpha value is -2.35. The third-order valence-corrected chi connectivity index (χ3v) is 3.86. The summed E-state index contributed by atoms with van der Waals surface area (Å²) >= 11 is 0. The van der Waals surface area contributed by atoms with Crippen molar-refractivity contribution in [1.82, 2.24) is 0 Å². The molecule has 0 saturated heterocycles. The molecule has 2 nitrogen and oxygen atoms in total. The molecular formula is C15H11F5O2S. The molecule has 0 bridgehead atoms. The molecule has 0 heterocycles. The molecule has 2 rings (SSSR count).